The summed E-state index contributed by atoms with van der Waals surface area (Å²) in [5.74, 6) is -0.860. The highest BCUT2D eigenvalue weighted by molar-refractivity contribution is 7.15. The molecule has 2 aromatic carbocycles. The average molecular weight is 410 g/mol. The molecule has 0 saturated carbocycles. The number of thiazole rings is 1. The molecule has 1 amide bonds. The molecule has 0 atom stereocenters. The standard InChI is InChI=1S/C20H15FN4O3S/c21-15-7-3-1-5-12(15)9-13-10-22-19(29-13)24-17(26)11-25-18(27)14-6-2-4-8-16(14)23-20(25)28/h1-8,10H,9,11H2,(H,23,28)(H,22,24,26). The van der Waals surface area contributed by atoms with Crippen LogP contribution in [-0.2, 0) is 17.8 Å². The number of para-hydroxylation sites is 1. The molecule has 2 N–H and O–H groups in total. The van der Waals surface area contributed by atoms with E-state index in [9.17, 15) is 18.8 Å². The second kappa shape index (κ2) is 7.80. The summed E-state index contributed by atoms with van der Waals surface area (Å²) >= 11 is 1.20. The third-order valence-electron chi connectivity index (χ3n) is 4.31. The van der Waals surface area contributed by atoms with Crippen molar-refractivity contribution in [3.63, 3.8) is 0 Å². The lowest BCUT2D eigenvalue weighted by atomic mass is 10.1. The maximum absolute atomic E-state index is 13.8. The first-order chi connectivity index (χ1) is 14.0. The minimum Gasteiger partial charge on any atom is -0.307 e. The summed E-state index contributed by atoms with van der Waals surface area (Å²) in [4.78, 5) is 44.4. The number of carbonyl (C=O) groups excluding carboxylic acids is 1. The fraction of sp³-hybridized carbons (Fsp3) is 0.100. The van der Waals surface area contributed by atoms with Gasteiger partial charge >= 0.3 is 5.69 Å². The maximum Gasteiger partial charge on any atom is 0.329 e. The molecular formula is C20H15FN4O3S. The molecule has 0 aliphatic heterocycles. The summed E-state index contributed by atoms with van der Waals surface area (Å²) in [6.07, 6.45) is 1.91. The van der Waals surface area contributed by atoms with Crippen LogP contribution in [0.1, 0.15) is 10.4 Å². The number of hydrogen-bond donors (Lipinski definition) is 2. The fourth-order valence-corrected chi connectivity index (χ4v) is 3.77. The first-order valence-corrected chi connectivity index (χ1v) is 9.53. The van der Waals surface area contributed by atoms with E-state index >= 15 is 0 Å². The van der Waals surface area contributed by atoms with Gasteiger partial charge in [0.15, 0.2) is 5.13 Å². The van der Waals surface area contributed by atoms with Crippen LogP contribution in [0.5, 0.6) is 0 Å². The van der Waals surface area contributed by atoms with Gasteiger partial charge in [-0.1, -0.05) is 30.3 Å². The van der Waals surface area contributed by atoms with Crippen LogP contribution in [0.25, 0.3) is 10.9 Å². The van der Waals surface area contributed by atoms with Crippen molar-refractivity contribution in [2.45, 2.75) is 13.0 Å². The van der Waals surface area contributed by atoms with Crippen molar-refractivity contribution >= 4 is 33.3 Å². The second-order valence-corrected chi connectivity index (χ2v) is 7.43. The number of aromatic nitrogens is 3. The largest absolute Gasteiger partial charge is 0.329 e. The molecule has 0 bridgehead atoms. The van der Waals surface area contributed by atoms with E-state index in [1.807, 2.05) is 0 Å². The van der Waals surface area contributed by atoms with Crippen molar-refractivity contribution in [1.29, 1.82) is 0 Å². The Morgan fingerprint density at radius 2 is 1.90 bits per heavy atom. The number of aromatic amines is 1. The minimum atomic E-state index is -0.664. The molecule has 0 saturated heterocycles. The smallest absolute Gasteiger partial charge is 0.307 e. The number of fused-ring (bicyclic) bond motifs is 1. The first kappa shape index (κ1) is 18.8. The third kappa shape index (κ3) is 3.99. The Bertz CT molecular complexity index is 1330. The monoisotopic (exact) mass is 410 g/mol. The zero-order valence-corrected chi connectivity index (χ0v) is 15.8. The molecule has 4 aromatic rings. The van der Waals surface area contributed by atoms with Crippen molar-refractivity contribution < 1.29 is 9.18 Å². The van der Waals surface area contributed by atoms with E-state index in [0.29, 0.717) is 28.0 Å². The van der Waals surface area contributed by atoms with Crippen molar-refractivity contribution in [2.75, 3.05) is 5.32 Å². The molecule has 0 aliphatic carbocycles. The van der Waals surface area contributed by atoms with Crippen LogP contribution >= 0.6 is 11.3 Å². The van der Waals surface area contributed by atoms with Crippen molar-refractivity contribution in [2.24, 2.45) is 0 Å². The van der Waals surface area contributed by atoms with Gasteiger partial charge in [-0.2, -0.15) is 0 Å². The average Bonchev–Trinajstić information content (AvgIpc) is 3.13. The van der Waals surface area contributed by atoms with Crippen LogP contribution in [-0.4, -0.2) is 20.4 Å². The van der Waals surface area contributed by atoms with Crippen LogP contribution in [0.3, 0.4) is 0 Å². The Kier molecular flexibility index (Phi) is 5.05. The number of hydrogen-bond acceptors (Lipinski definition) is 5. The molecule has 0 fully saturated rings. The number of H-pyrrole nitrogens is 1. The van der Waals surface area contributed by atoms with Gasteiger partial charge in [-0.15, -0.1) is 11.3 Å². The lowest BCUT2D eigenvalue weighted by Gasteiger charge is -2.06. The Balaban J connectivity index is 1.49. The molecule has 9 heteroatoms. The Labute approximate surface area is 167 Å². The van der Waals surface area contributed by atoms with E-state index in [1.165, 1.54) is 17.4 Å². The van der Waals surface area contributed by atoms with Gasteiger partial charge in [0, 0.05) is 17.5 Å². The molecule has 0 spiro atoms. The zero-order valence-electron chi connectivity index (χ0n) is 15.0. The molecule has 7 nitrogen and oxygen atoms in total. The van der Waals surface area contributed by atoms with Crippen LogP contribution in [0.2, 0.25) is 0 Å². The molecule has 2 aromatic heterocycles. The number of nitrogens with one attached hydrogen (secondary N) is 2. The molecule has 4 rings (SSSR count). The molecule has 0 unspecified atom stereocenters. The highest BCUT2D eigenvalue weighted by Gasteiger charge is 2.13. The van der Waals surface area contributed by atoms with Crippen LogP contribution in [0.15, 0.2) is 64.3 Å². The fourth-order valence-electron chi connectivity index (χ4n) is 2.92. The van der Waals surface area contributed by atoms with Gasteiger partial charge in [-0.25, -0.2) is 14.2 Å². The number of amides is 1. The molecule has 0 radical (unpaired) electrons. The van der Waals surface area contributed by atoms with Gasteiger partial charge < -0.3 is 10.3 Å². The van der Waals surface area contributed by atoms with Gasteiger partial charge in [-0.05, 0) is 23.8 Å². The molecular weight excluding hydrogens is 395 g/mol. The van der Waals surface area contributed by atoms with Crippen molar-refractivity contribution in [3.05, 3.63) is 91.8 Å². The Morgan fingerprint density at radius 1 is 1.14 bits per heavy atom. The Hall–Kier alpha value is -3.59. The van der Waals surface area contributed by atoms with Crippen molar-refractivity contribution in [3.8, 4) is 0 Å². The number of carbonyl (C=O) groups is 1. The van der Waals surface area contributed by atoms with Gasteiger partial charge in [0.05, 0.1) is 10.9 Å². The van der Waals surface area contributed by atoms with E-state index in [2.05, 4.69) is 15.3 Å². The normalized spacial score (nSPS) is 10.9. The second-order valence-electron chi connectivity index (χ2n) is 6.32. The lowest BCUT2D eigenvalue weighted by Crippen LogP contribution is -2.38. The van der Waals surface area contributed by atoms with Gasteiger partial charge in [-0.3, -0.25) is 14.2 Å². The molecule has 29 heavy (non-hydrogen) atoms. The predicted molar refractivity (Wildman–Crippen MR) is 109 cm³/mol. The van der Waals surface area contributed by atoms with Crippen LogP contribution < -0.4 is 16.6 Å². The summed E-state index contributed by atoms with van der Waals surface area (Å²) in [5, 5.41) is 3.21. The number of nitrogens with zero attached hydrogens (tertiary/aromatic N) is 2. The first-order valence-electron chi connectivity index (χ1n) is 8.71. The third-order valence-corrected chi connectivity index (χ3v) is 5.23. The predicted octanol–water partition coefficient (Wildman–Crippen LogP) is 2.51. The summed E-state index contributed by atoms with van der Waals surface area (Å²) in [6.45, 7) is -0.443. The number of rotatable bonds is 5. The topological polar surface area (TPSA) is 96.9 Å². The number of benzene rings is 2. The van der Waals surface area contributed by atoms with Gasteiger partial charge in [0.25, 0.3) is 5.56 Å². The van der Waals surface area contributed by atoms with Crippen LogP contribution in [0.4, 0.5) is 9.52 Å². The maximum atomic E-state index is 13.8. The summed E-state index contributed by atoms with van der Waals surface area (Å²) in [7, 11) is 0. The van der Waals surface area contributed by atoms with Gasteiger partial charge in [0.2, 0.25) is 5.91 Å². The van der Waals surface area contributed by atoms with E-state index in [4.69, 9.17) is 0 Å². The highest BCUT2D eigenvalue weighted by atomic mass is 32.1. The van der Waals surface area contributed by atoms with E-state index in [0.717, 1.165) is 9.44 Å². The van der Waals surface area contributed by atoms with Crippen LogP contribution in [0, 0.1) is 5.82 Å². The SMILES string of the molecule is O=C(Cn1c(=O)[nH]c2ccccc2c1=O)Nc1ncc(Cc2ccccc2F)s1. The number of halogens is 1. The summed E-state index contributed by atoms with van der Waals surface area (Å²) in [6, 6.07) is 13.0. The lowest BCUT2D eigenvalue weighted by molar-refractivity contribution is -0.116. The van der Waals surface area contributed by atoms with E-state index in [1.54, 1.807) is 48.7 Å². The molecule has 0 aliphatic rings. The molecule has 146 valence electrons. The van der Waals surface area contributed by atoms with E-state index in [-0.39, 0.29) is 5.82 Å². The summed E-state index contributed by atoms with van der Waals surface area (Å²) < 4.78 is 14.6. The highest BCUT2D eigenvalue weighted by Crippen LogP contribution is 2.22. The Morgan fingerprint density at radius 3 is 2.72 bits per heavy atom. The van der Waals surface area contributed by atoms with E-state index < -0.39 is 23.7 Å². The zero-order chi connectivity index (χ0) is 20.4. The quantitative estimate of drug-likeness (QED) is 0.528. The molecule has 2 heterocycles. The number of anilines is 1. The van der Waals surface area contributed by atoms with Crippen molar-refractivity contribution in [1.82, 2.24) is 14.5 Å². The van der Waals surface area contributed by atoms with Gasteiger partial charge in [0.1, 0.15) is 12.4 Å². The minimum absolute atomic E-state index is 0.304. The summed E-state index contributed by atoms with van der Waals surface area (Å²) in [5.41, 5.74) is -0.262.